The maximum atomic E-state index is 13.1. The summed E-state index contributed by atoms with van der Waals surface area (Å²) in [6, 6.07) is 3.54. The maximum absolute atomic E-state index is 13.1. The first kappa shape index (κ1) is 15.8. The van der Waals surface area contributed by atoms with Crippen LogP contribution in [-0.2, 0) is 12.7 Å². The first-order chi connectivity index (χ1) is 11.3. The lowest BCUT2D eigenvalue weighted by molar-refractivity contribution is -0.138. The zero-order valence-corrected chi connectivity index (χ0v) is 12.4. The van der Waals surface area contributed by atoms with E-state index < -0.39 is 17.3 Å². The van der Waals surface area contributed by atoms with Gasteiger partial charge in [0.1, 0.15) is 5.75 Å². The van der Waals surface area contributed by atoms with Crippen LogP contribution in [0.25, 0.3) is 11.2 Å². The Morgan fingerprint density at radius 1 is 1.38 bits per heavy atom. The van der Waals surface area contributed by atoms with E-state index in [4.69, 9.17) is 10.5 Å². The number of imidazole rings is 1. The number of halogens is 3. The zero-order chi connectivity index (χ0) is 17.5. The van der Waals surface area contributed by atoms with E-state index in [1.807, 2.05) is 0 Å². The summed E-state index contributed by atoms with van der Waals surface area (Å²) in [6.45, 7) is -0.173. The Morgan fingerprint density at radius 2 is 2.12 bits per heavy atom. The van der Waals surface area contributed by atoms with Gasteiger partial charge in [-0.05, 0) is 17.7 Å². The molecule has 0 saturated heterocycles. The highest BCUT2D eigenvalue weighted by atomic mass is 19.4. The summed E-state index contributed by atoms with van der Waals surface area (Å²) < 4.78 is 45.0. The summed E-state index contributed by atoms with van der Waals surface area (Å²) >= 11 is 0. The average Bonchev–Trinajstić information content (AvgIpc) is 2.98. The SMILES string of the molecule is COc1ccc(Cn2c(N)nc3[nH]cnc3c2=O)cc1C(F)(F)F. The van der Waals surface area contributed by atoms with E-state index in [0.717, 1.165) is 17.7 Å². The molecule has 0 unspecified atom stereocenters. The normalized spacial score (nSPS) is 11.8. The molecule has 0 aliphatic carbocycles. The molecule has 0 atom stereocenters. The molecule has 0 aliphatic heterocycles. The van der Waals surface area contributed by atoms with Crippen molar-refractivity contribution < 1.29 is 17.9 Å². The number of nitrogen functional groups attached to an aromatic ring is 1. The Morgan fingerprint density at radius 3 is 2.79 bits per heavy atom. The fourth-order valence-electron chi connectivity index (χ4n) is 2.35. The van der Waals surface area contributed by atoms with Gasteiger partial charge in [0.25, 0.3) is 5.56 Å². The molecule has 3 aromatic rings. The van der Waals surface area contributed by atoms with Crippen LogP contribution >= 0.6 is 0 Å². The van der Waals surface area contributed by atoms with Gasteiger partial charge in [0, 0.05) is 0 Å². The number of benzene rings is 1. The summed E-state index contributed by atoms with van der Waals surface area (Å²) in [5.41, 5.74) is 4.78. The number of aromatic nitrogens is 4. The zero-order valence-electron chi connectivity index (χ0n) is 12.4. The van der Waals surface area contributed by atoms with Crippen LogP contribution in [0.4, 0.5) is 19.1 Å². The minimum atomic E-state index is -4.58. The van der Waals surface area contributed by atoms with E-state index in [-0.39, 0.29) is 35.0 Å². The fraction of sp³-hybridized carbons (Fsp3) is 0.214. The Hall–Kier alpha value is -3.04. The summed E-state index contributed by atoms with van der Waals surface area (Å²) in [6.07, 6.45) is -3.29. The number of nitrogens with two attached hydrogens (primary N) is 1. The van der Waals surface area contributed by atoms with Crippen molar-refractivity contribution in [2.45, 2.75) is 12.7 Å². The maximum Gasteiger partial charge on any atom is 0.419 e. The molecule has 0 fully saturated rings. The Bertz CT molecular complexity index is 961. The van der Waals surface area contributed by atoms with E-state index in [0.29, 0.717) is 0 Å². The van der Waals surface area contributed by atoms with Gasteiger partial charge in [0.15, 0.2) is 11.2 Å². The van der Waals surface area contributed by atoms with Crippen LogP contribution in [0, 0.1) is 0 Å². The molecule has 24 heavy (non-hydrogen) atoms. The largest absolute Gasteiger partial charge is 0.496 e. The van der Waals surface area contributed by atoms with Gasteiger partial charge in [-0.2, -0.15) is 18.2 Å². The summed E-state index contributed by atoms with van der Waals surface area (Å²) in [5.74, 6) is -0.423. The van der Waals surface area contributed by atoms with Gasteiger partial charge in [-0.25, -0.2) is 4.98 Å². The van der Waals surface area contributed by atoms with E-state index in [2.05, 4.69) is 15.0 Å². The number of alkyl halides is 3. The molecule has 0 spiro atoms. The van der Waals surface area contributed by atoms with Crippen molar-refractivity contribution in [1.29, 1.82) is 0 Å². The number of fused-ring (bicyclic) bond motifs is 1. The summed E-state index contributed by atoms with van der Waals surface area (Å²) in [5, 5.41) is 0. The highest BCUT2D eigenvalue weighted by Crippen LogP contribution is 2.36. The smallest absolute Gasteiger partial charge is 0.419 e. The number of nitrogens with one attached hydrogen (secondary N) is 1. The van der Waals surface area contributed by atoms with Crippen molar-refractivity contribution in [3.05, 3.63) is 46.0 Å². The highest BCUT2D eigenvalue weighted by Gasteiger charge is 2.34. The average molecular weight is 339 g/mol. The molecule has 10 heteroatoms. The van der Waals surface area contributed by atoms with Crippen LogP contribution in [0.5, 0.6) is 5.75 Å². The minimum absolute atomic E-state index is 0.0637. The third-order valence-corrected chi connectivity index (χ3v) is 3.48. The molecule has 7 nitrogen and oxygen atoms in total. The highest BCUT2D eigenvalue weighted by molar-refractivity contribution is 5.69. The third kappa shape index (κ3) is 2.66. The molecule has 126 valence electrons. The molecule has 0 aliphatic rings. The first-order valence-electron chi connectivity index (χ1n) is 6.74. The topological polar surface area (TPSA) is 98.8 Å². The first-order valence-corrected chi connectivity index (χ1v) is 6.74. The summed E-state index contributed by atoms with van der Waals surface area (Å²) in [4.78, 5) is 22.8. The number of hydrogen-bond acceptors (Lipinski definition) is 5. The molecule has 0 amide bonds. The van der Waals surface area contributed by atoms with Crippen LogP contribution in [0.3, 0.4) is 0 Å². The van der Waals surface area contributed by atoms with E-state index >= 15 is 0 Å². The number of methoxy groups -OCH3 is 1. The second-order valence-corrected chi connectivity index (χ2v) is 4.99. The van der Waals surface area contributed by atoms with Crippen LogP contribution in [0.1, 0.15) is 11.1 Å². The number of aromatic amines is 1. The number of nitrogens with zero attached hydrogens (tertiary/aromatic N) is 3. The molecular formula is C14H12F3N5O2. The van der Waals surface area contributed by atoms with Gasteiger partial charge in [-0.1, -0.05) is 6.07 Å². The van der Waals surface area contributed by atoms with Crippen molar-refractivity contribution in [2.24, 2.45) is 0 Å². The molecule has 2 heterocycles. The van der Waals surface area contributed by atoms with E-state index in [1.54, 1.807) is 0 Å². The van der Waals surface area contributed by atoms with Crippen LogP contribution < -0.4 is 16.0 Å². The predicted octanol–water partition coefficient (Wildman–Crippen LogP) is 1.78. The van der Waals surface area contributed by atoms with Gasteiger partial charge < -0.3 is 15.5 Å². The Labute approximate surface area is 132 Å². The molecule has 0 saturated carbocycles. The molecule has 3 N–H and O–H groups in total. The van der Waals surface area contributed by atoms with Crippen molar-refractivity contribution in [3.8, 4) is 5.75 Å². The molecule has 1 aromatic carbocycles. The Kier molecular flexibility index (Phi) is 3.66. The lowest BCUT2D eigenvalue weighted by Crippen LogP contribution is -2.25. The van der Waals surface area contributed by atoms with Crippen molar-refractivity contribution in [1.82, 2.24) is 19.5 Å². The van der Waals surface area contributed by atoms with Crippen molar-refractivity contribution in [3.63, 3.8) is 0 Å². The predicted molar refractivity (Wildman–Crippen MR) is 79.7 cm³/mol. The van der Waals surface area contributed by atoms with Gasteiger partial charge >= 0.3 is 6.18 Å². The second kappa shape index (κ2) is 5.55. The monoisotopic (exact) mass is 339 g/mol. The van der Waals surface area contributed by atoms with Gasteiger partial charge in [0.05, 0.1) is 25.5 Å². The molecule has 2 aromatic heterocycles. The lowest BCUT2D eigenvalue weighted by atomic mass is 10.1. The van der Waals surface area contributed by atoms with E-state index in [1.165, 1.54) is 18.5 Å². The second-order valence-electron chi connectivity index (χ2n) is 4.99. The standard InChI is InChI=1S/C14H12F3N5O2/c1-24-9-3-2-7(4-8(9)14(15,16)17)5-22-12(23)10-11(20-6-19-10)21-13(22)18/h2-4,6H,5H2,1H3,(H2,18,21)(H,19,20). The third-order valence-electron chi connectivity index (χ3n) is 3.48. The van der Waals surface area contributed by atoms with Crippen LogP contribution in [0.15, 0.2) is 29.3 Å². The van der Waals surface area contributed by atoms with Crippen molar-refractivity contribution >= 4 is 17.1 Å². The number of H-pyrrole nitrogens is 1. The summed E-state index contributed by atoms with van der Waals surface area (Å²) in [7, 11) is 1.15. The van der Waals surface area contributed by atoms with Crippen molar-refractivity contribution in [2.75, 3.05) is 12.8 Å². The number of rotatable bonds is 3. The quantitative estimate of drug-likeness (QED) is 0.758. The van der Waals surface area contributed by atoms with Gasteiger partial charge in [-0.15, -0.1) is 0 Å². The Balaban J connectivity index is 2.08. The van der Waals surface area contributed by atoms with Gasteiger partial charge in [-0.3, -0.25) is 9.36 Å². The molecular weight excluding hydrogens is 327 g/mol. The number of anilines is 1. The minimum Gasteiger partial charge on any atom is -0.496 e. The molecule has 0 bridgehead atoms. The van der Waals surface area contributed by atoms with Crippen LogP contribution in [0.2, 0.25) is 0 Å². The number of ether oxygens (including phenoxy) is 1. The van der Waals surface area contributed by atoms with E-state index in [9.17, 15) is 18.0 Å². The lowest BCUT2D eigenvalue weighted by Gasteiger charge is -2.14. The number of hydrogen-bond donors (Lipinski definition) is 2. The molecule has 0 radical (unpaired) electrons. The molecule has 3 rings (SSSR count). The fourth-order valence-corrected chi connectivity index (χ4v) is 2.35. The van der Waals surface area contributed by atoms with Crippen LogP contribution in [-0.4, -0.2) is 26.6 Å². The van der Waals surface area contributed by atoms with Gasteiger partial charge in [0.2, 0.25) is 5.95 Å².